The van der Waals surface area contributed by atoms with E-state index in [-0.39, 0.29) is 5.91 Å². The maximum absolute atomic E-state index is 12.7. The molecule has 1 amide bonds. The molecule has 0 aromatic heterocycles. The predicted molar refractivity (Wildman–Crippen MR) is 108 cm³/mol. The zero-order valence-corrected chi connectivity index (χ0v) is 15.7. The number of halogens is 1. The molecule has 3 aromatic rings. The summed E-state index contributed by atoms with van der Waals surface area (Å²) < 4.78 is 0.975. The van der Waals surface area contributed by atoms with Crippen molar-refractivity contribution in [2.24, 2.45) is 0 Å². The fourth-order valence-corrected chi connectivity index (χ4v) is 2.82. The molecular weight excluding hydrogens is 376 g/mol. The third kappa shape index (κ3) is 4.09. The molecule has 2 N–H and O–H groups in total. The van der Waals surface area contributed by atoms with Gasteiger partial charge in [0.2, 0.25) is 0 Å². The van der Waals surface area contributed by atoms with E-state index in [1.807, 2.05) is 60.7 Å². The highest BCUT2D eigenvalue weighted by Crippen LogP contribution is 2.26. The minimum Gasteiger partial charge on any atom is -0.355 e. The molecule has 0 fully saturated rings. The summed E-state index contributed by atoms with van der Waals surface area (Å²) in [6.07, 6.45) is 0. The molecule has 3 nitrogen and oxygen atoms in total. The third-order valence-corrected chi connectivity index (χ3v) is 4.68. The Balaban J connectivity index is 1.86. The first-order chi connectivity index (χ1) is 12.0. The lowest BCUT2D eigenvalue weighted by atomic mass is 10.1. The monoisotopic (exact) mass is 394 g/mol. The lowest BCUT2D eigenvalue weighted by Crippen LogP contribution is -2.14. The van der Waals surface area contributed by atoms with Crippen molar-refractivity contribution in [2.75, 3.05) is 10.6 Å². The smallest absolute Gasteiger partial charge is 0.257 e. The molecule has 0 saturated heterocycles. The van der Waals surface area contributed by atoms with Crippen molar-refractivity contribution < 1.29 is 4.79 Å². The fourth-order valence-electron chi connectivity index (χ4n) is 2.55. The minimum atomic E-state index is -0.143. The zero-order chi connectivity index (χ0) is 17.8. The summed E-state index contributed by atoms with van der Waals surface area (Å²) in [4.78, 5) is 12.7. The van der Waals surface area contributed by atoms with Gasteiger partial charge in [0.05, 0.1) is 11.3 Å². The lowest BCUT2D eigenvalue weighted by Gasteiger charge is -2.15. The van der Waals surface area contributed by atoms with Crippen LogP contribution in [-0.2, 0) is 0 Å². The van der Waals surface area contributed by atoms with Gasteiger partial charge in [-0.1, -0.05) is 40.2 Å². The summed E-state index contributed by atoms with van der Waals surface area (Å²) in [5.41, 5.74) is 5.53. The van der Waals surface area contributed by atoms with Crippen LogP contribution in [0.2, 0.25) is 0 Å². The summed E-state index contributed by atoms with van der Waals surface area (Å²) in [7, 11) is 0. The van der Waals surface area contributed by atoms with Crippen molar-refractivity contribution in [1.29, 1.82) is 0 Å². The molecule has 0 radical (unpaired) electrons. The van der Waals surface area contributed by atoms with Crippen LogP contribution in [0.1, 0.15) is 21.5 Å². The van der Waals surface area contributed by atoms with E-state index in [9.17, 15) is 4.79 Å². The van der Waals surface area contributed by atoms with Crippen molar-refractivity contribution in [3.63, 3.8) is 0 Å². The molecule has 0 aliphatic heterocycles. The Bertz CT molecular complexity index is 904. The van der Waals surface area contributed by atoms with Crippen LogP contribution in [0.25, 0.3) is 0 Å². The molecular formula is C21H19BrN2O. The summed E-state index contributed by atoms with van der Waals surface area (Å²) in [5.74, 6) is -0.143. The van der Waals surface area contributed by atoms with Crippen LogP contribution in [0.3, 0.4) is 0 Å². The number of hydrogen-bond acceptors (Lipinski definition) is 2. The molecule has 0 unspecified atom stereocenters. The lowest BCUT2D eigenvalue weighted by molar-refractivity contribution is 0.102. The Labute approximate surface area is 156 Å². The second kappa shape index (κ2) is 7.53. The average Bonchev–Trinajstić information content (AvgIpc) is 2.61. The van der Waals surface area contributed by atoms with Crippen molar-refractivity contribution in [1.82, 2.24) is 0 Å². The van der Waals surface area contributed by atoms with E-state index in [1.165, 1.54) is 11.1 Å². The number of carbonyl (C=O) groups is 1. The molecule has 25 heavy (non-hydrogen) atoms. The van der Waals surface area contributed by atoms with Crippen LogP contribution in [0.4, 0.5) is 17.1 Å². The number of nitrogens with one attached hydrogen (secondary N) is 2. The van der Waals surface area contributed by atoms with Crippen molar-refractivity contribution in [3.05, 3.63) is 87.9 Å². The number of para-hydroxylation sites is 1. The van der Waals surface area contributed by atoms with E-state index in [2.05, 4.69) is 46.5 Å². The van der Waals surface area contributed by atoms with Gasteiger partial charge in [-0.25, -0.2) is 0 Å². The number of carbonyl (C=O) groups excluding carboxylic acids is 1. The van der Waals surface area contributed by atoms with E-state index in [1.54, 1.807) is 0 Å². The van der Waals surface area contributed by atoms with Gasteiger partial charge in [-0.15, -0.1) is 0 Å². The van der Waals surface area contributed by atoms with E-state index >= 15 is 0 Å². The quantitative estimate of drug-likeness (QED) is 0.564. The molecule has 0 heterocycles. The molecule has 0 bridgehead atoms. The molecule has 3 aromatic carbocycles. The summed E-state index contributed by atoms with van der Waals surface area (Å²) in [6, 6.07) is 21.2. The van der Waals surface area contributed by atoms with Crippen molar-refractivity contribution in [3.8, 4) is 0 Å². The van der Waals surface area contributed by atoms with Gasteiger partial charge in [0.1, 0.15) is 0 Å². The van der Waals surface area contributed by atoms with Gasteiger partial charge in [0.25, 0.3) is 5.91 Å². The number of hydrogen-bond donors (Lipinski definition) is 2. The zero-order valence-electron chi connectivity index (χ0n) is 14.1. The van der Waals surface area contributed by atoms with E-state index in [0.29, 0.717) is 5.56 Å². The SMILES string of the molecule is Cc1cccc(Nc2ccccc2C(=O)Nc2ccc(Br)cc2)c1C. The fraction of sp³-hybridized carbons (Fsp3) is 0.0952. The topological polar surface area (TPSA) is 41.1 Å². The van der Waals surface area contributed by atoms with Gasteiger partial charge >= 0.3 is 0 Å². The molecule has 0 aliphatic rings. The average molecular weight is 395 g/mol. The predicted octanol–water partition coefficient (Wildman–Crippen LogP) is 6.06. The molecule has 4 heteroatoms. The summed E-state index contributed by atoms with van der Waals surface area (Å²) >= 11 is 3.40. The second-order valence-corrected chi connectivity index (χ2v) is 6.79. The van der Waals surface area contributed by atoms with Crippen LogP contribution in [0.15, 0.2) is 71.2 Å². The summed E-state index contributed by atoms with van der Waals surface area (Å²) in [5, 5.41) is 6.33. The molecule has 0 aliphatic carbocycles. The van der Waals surface area contributed by atoms with E-state index in [0.717, 1.165) is 21.5 Å². The molecule has 0 spiro atoms. The van der Waals surface area contributed by atoms with E-state index in [4.69, 9.17) is 0 Å². The van der Waals surface area contributed by atoms with Crippen LogP contribution in [0.5, 0.6) is 0 Å². The first kappa shape index (κ1) is 17.2. The normalized spacial score (nSPS) is 10.4. The van der Waals surface area contributed by atoms with Gasteiger partial charge in [-0.05, 0) is 67.4 Å². The second-order valence-electron chi connectivity index (χ2n) is 5.88. The standard InChI is InChI=1S/C21H19BrN2O/c1-14-6-5-9-19(15(14)2)24-20-8-4-3-7-18(20)21(25)23-17-12-10-16(22)11-13-17/h3-13,24H,1-2H3,(H,23,25). The molecule has 0 atom stereocenters. The Morgan fingerprint density at radius 1 is 0.840 bits per heavy atom. The Morgan fingerprint density at radius 3 is 2.28 bits per heavy atom. The number of benzene rings is 3. The minimum absolute atomic E-state index is 0.143. The third-order valence-electron chi connectivity index (χ3n) is 4.15. The largest absolute Gasteiger partial charge is 0.355 e. The van der Waals surface area contributed by atoms with Crippen LogP contribution < -0.4 is 10.6 Å². The highest BCUT2D eigenvalue weighted by molar-refractivity contribution is 9.10. The Kier molecular flexibility index (Phi) is 5.19. The summed E-state index contributed by atoms with van der Waals surface area (Å²) in [6.45, 7) is 4.15. The first-order valence-electron chi connectivity index (χ1n) is 8.04. The Hall–Kier alpha value is -2.59. The van der Waals surface area contributed by atoms with Gasteiger partial charge in [0, 0.05) is 15.8 Å². The number of aryl methyl sites for hydroxylation is 1. The maximum Gasteiger partial charge on any atom is 0.257 e. The number of anilines is 3. The maximum atomic E-state index is 12.7. The van der Waals surface area contributed by atoms with Crippen LogP contribution >= 0.6 is 15.9 Å². The van der Waals surface area contributed by atoms with Gasteiger partial charge in [-0.2, -0.15) is 0 Å². The first-order valence-corrected chi connectivity index (χ1v) is 8.83. The number of amides is 1. The molecule has 0 saturated carbocycles. The van der Waals surface area contributed by atoms with Gasteiger partial charge in [0.15, 0.2) is 0 Å². The Morgan fingerprint density at radius 2 is 1.52 bits per heavy atom. The van der Waals surface area contributed by atoms with Crippen molar-refractivity contribution in [2.45, 2.75) is 13.8 Å². The van der Waals surface area contributed by atoms with Crippen LogP contribution in [-0.4, -0.2) is 5.91 Å². The van der Waals surface area contributed by atoms with Crippen LogP contribution in [0, 0.1) is 13.8 Å². The van der Waals surface area contributed by atoms with Gasteiger partial charge < -0.3 is 10.6 Å². The molecule has 3 rings (SSSR count). The number of rotatable bonds is 4. The highest BCUT2D eigenvalue weighted by atomic mass is 79.9. The van der Waals surface area contributed by atoms with Crippen molar-refractivity contribution >= 4 is 38.9 Å². The van der Waals surface area contributed by atoms with Gasteiger partial charge in [-0.3, -0.25) is 4.79 Å². The molecule has 126 valence electrons. The highest BCUT2D eigenvalue weighted by Gasteiger charge is 2.12. The van der Waals surface area contributed by atoms with E-state index < -0.39 is 0 Å².